The Bertz CT molecular complexity index is 943. The molecule has 0 spiro atoms. The minimum atomic E-state index is -0.253. The zero-order valence-corrected chi connectivity index (χ0v) is 12.3. The fourth-order valence-electron chi connectivity index (χ4n) is 2.56. The third-order valence-corrected chi connectivity index (χ3v) is 3.69. The number of anilines is 2. The molecule has 2 aromatic carbocycles. The molecule has 0 aliphatic carbocycles. The summed E-state index contributed by atoms with van der Waals surface area (Å²) >= 11 is 0. The van der Waals surface area contributed by atoms with Gasteiger partial charge in [-0.3, -0.25) is 0 Å². The summed E-state index contributed by atoms with van der Waals surface area (Å²) in [4.78, 5) is 4.69. The quantitative estimate of drug-likeness (QED) is 0.583. The highest BCUT2D eigenvalue weighted by molar-refractivity contribution is 5.80. The van der Waals surface area contributed by atoms with E-state index in [0.29, 0.717) is 0 Å². The summed E-state index contributed by atoms with van der Waals surface area (Å²) in [6.07, 6.45) is 2.01. The number of hydrogen-bond acceptors (Lipinski definition) is 2. The van der Waals surface area contributed by atoms with Gasteiger partial charge in [0.05, 0.1) is 0 Å². The Balaban J connectivity index is 1.73. The van der Waals surface area contributed by atoms with Crippen molar-refractivity contribution >= 4 is 22.5 Å². The van der Waals surface area contributed by atoms with E-state index in [-0.39, 0.29) is 5.82 Å². The first-order chi connectivity index (χ1) is 11.3. The van der Waals surface area contributed by atoms with Crippen LogP contribution in [0.3, 0.4) is 0 Å². The van der Waals surface area contributed by atoms with E-state index in [1.165, 1.54) is 12.1 Å². The molecule has 4 rings (SSSR count). The Kier molecular flexibility index (Phi) is 3.27. The number of rotatable bonds is 3. The average Bonchev–Trinajstić information content (AvgIpc) is 3.01. The molecule has 23 heavy (non-hydrogen) atoms. The summed E-state index contributed by atoms with van der Waals surface area (Å²) in [5, 5.41) is 4.27. The lowest BCUT2D eigenvalue weighted by Gasteiger charge is -2.08. The van der Waals surface area contributed by atoms with E-state index in [2.05, 4.69) is 10.3 Å². The molecule has 0 saturated carbocycles. The van der Waals surface area contributed by atoms with Crippen molar-refractivity contribution in [2.75, 3.05) is 5.32 Å². The third-order valence-electron chi connectivity index (χ3n) is 3.69. The van der Waals surface area contributed by atoms with Crippen molar-refractivity contribution < 1.29 is 4.39 Å². The SMILES string of the molecule is Fc1ccc(Nc2ccc3ccn(-c4ccccc4)c3n2)cc1. The van der Waals surface area contributed by atoms with Gasteiger partial charge in [-0.1, -0.05) is 18.2 Å². The first-order valence-electron chi connectivity index (χ1n) is 7.36. The second-order valence-corrected chi connectivity index (χ2v) is 5.26. The molecule has 4 aromatic rings. The lowest BCUT2D eigenvalue weighted by Crippen LogP contribution is -1.97. The second-order valence-electron chi connectivity index (χ2n) is 5.26. The van der Waals surface area contributed by atoms with Gasteiger partial charge in [0.1, 0.15) is 17.3 Å². The number of para-hydroxylation sites is 1. The Hall–Kier alpha value is -3.14. The summed E-state index contributed by atoms with van der Waals surface area (Å²) in [6.45, 7) is 0. The molecule has 0 aliphatic rings. The number of aromatic nitrogens is 2. The van der Waals surface area contributed by atoms with E-state index < -0.39 is 0 Å². The molecule has 0 aliphatic heterocycles. The molecule has 0 unspecified atom stereocenters. The molecule has 2 heterocycles. The highest BCUT2D eigenvalue weighted by atomic mass is 19.1. The van der Waals surface area contributed by atoms with Crippen molar-refractivity contribution in [3.05, 3.63) is 84.8 Å². The minimum absolute atomic E-state index is 0.253. The molecule has 0 atom stereocenters. The number of halogens is 1. The summed E-state index contributed by atoms with van der Waals surface area (Å²) < 4.78 is 15.0. The van der Waals surface area contributed by atoms with Crippen molar-refractivity contribution in [2.45, 2.75) is 0 Å². The van der Waals surface area contributed by atoms with Crippen LogP contribution in [0.1, 0.15) is 0 Å². The molecule has 0 bridgehead atoms. The van der Waals surface area contributed by atoms with Gasteiger partial charge in [0.15, 0.2) is 0 Å². The van der Waals surface area contributed by atoms with Crippen LogP contribution in [0.2, 0.25) is 0 Å². The Labute approximate surface area is 133 Å². The first-order valence-corrected chi connectivity index (χ1v) is 7.36. The maximum Gasteiger partial charge on any atom is 0.146 e. The Morgan fingerprint density at radius 2 is 1.61 bits per heavy atom. The lowest BCUT2D eigenvalue weighted by atomic mass is 10.3. The van der Waals surface area contributed by atoms with Gasteiger partial charge in [-0.15, -0.1) is 0 Å². The topological polar surface area (TPSA) is 29.9 Å². The molecular formula is C19H14FN3. The molecule has 0 saturated heterocycles. The minimum Gasteiger partial charge on any atom is -0.340 e. The van der Waals surface area contributed by atoms with Crippen LogP contribution in [0.25, 0.3) is 16.7 Å². The van der Waals surface area contributed by atoms with Crippen molar-refractivity contribution in [2.24, 2.45) is 0 Å². The predicted molar refractivity (Wildman–Crippen MR) is 90.8 cm³/mol. The molecule has 2 aromatic heterocycles. The largest absolute Gasteiger partial charge is 0.340 e. The van der Waals surface area contributed by atoms with Gasteiger partial charge in [0.2, 0.25) is 0 Å². The number of pyridine rings is 1. The molecule has 1 N–H and O–H groups in total. The Morgan fingerprint density at radius 1 is 0.826 bits per heavy atom. The van der Waals surface area contributed by atoms with Crippen LogP contribution in [-0.2, 0) is 0 Å². The number of benzene rings is 2. The summed E-state index contributed by atoms with van der Waals surface area (Å²) in [5.41, 5.74) is 2.74. The van der Waals surface area contributed by atoms with E-state index in [0.717, 1.165) is 28.2 Å². The molecular weight excluding hydrogens is 289 g/mol. The van der Waals surface area contributed by atoms with Crippen LogP contribution < -0.4 is 5.32 Å². The zero-order chi connectivity index (χ0) is 15.6. The number of nitrogens with one attached hydrogen (secondary N) is 1. The zero-order valence-electron chi connectivity index (χ0n) is 12.3. The Morgan fingerprint density at radius 3 is 2.39 bits per heavy atom. The number of hydrogen-bond donors (Lipinski definition) is 1. The summed E-state index contributed by atoms with van der Waals surface area (Å²) in [7, 11) is 0. The molecule has 4 heteroatoms. The van der Waals surface area contributed by atoms with Gasteiger partial charge in [0.25, 0.3) is 0 Å². The average molecular weight is 303 g/mol. The first kappa shape index (κ1) is 13.5. The van der Waals surface area contributed by atoms with E-state index in [9.17, 15) is 4.39 Å². The van der Waals surface area contributed by atoms with E-state index in [1.54, 1.807) is 12.1 Å². The monoisotopic (exact) mass is 303 g/mol. The number of nitrogens with zero attached hydrogens (tertiary/aromatic N) is 2. The molecule has 0 amide bonds. The number of fused-ring (bicyclic) bond motifs is 1. The second kappa shape index (κ2) is 5.57. The molecule has 0 radical (unpaired) electrons. The van der Waals surface area contributed by atoms with Crippen molar-refractivity contribution in [1.29, 1.82) is 0 Å². The smallest absolute Gasteiger partial charge is 0.146 e. The van der Waals surface area contributed by atoms with Gasteiger partial charge < -0.3 is 9.88 Å². The van der Waals surface area contributed by atoms with E-state index in [4.69, 9.17) is 0 Å². The van der Waals surface area contributed by atoms with Gasteiger partial charge >= 0.3 is 0 Å². The van der Waals surface area contributed by atoms with Crippen LogP contribution >= 0.6 is 0 Å². The highest BCUT2D eigenvalue weighted by Crippen LogP contribution is 2.22. The maximum atomic E-state index is 13.0. The van der Waals surface area contributed by atoms with Crippen LogP contribution in [0.5, 0.6) is 0 Å². The van der Waals surface area contributed by atoms with E-state index in [1.807, 2.05) is 59.3 Å². The van der Waals surface area contributed by atoms with Crippen LogP contribution in [0.15, 0.2) is 79.0 Å². The fourth-order valence-corrected chi connectivity index (χ4v) is 2.56. The van der Waals surface area contributed by atoms with Crippen LogP contribution in [-0.4, -0.2) is 9.55 Å². The maximum absolute atomic E-state index is 13.0. The van der Waals surface area contributed by atoms with Crippen LogP contribution in [0.4, 0.5) is 15.9 Å². The summed E-state index contributed by atoms with van der Waals surface area (Å²) in [5.74, 6) is 0.469. The van der Waals surface area contributed by atoms with Gasteiger partial charge in [-0.2, -0.15) is 0 Å². The van der Waals surface area contributed by atoms with E-state index >= 15 is 0 Å². The molecule has 112 valence electrons. The summed E-state index contributed by atoms with van der Waals surface area (Å²) in [6, 6.07) is 22.3. The van der Waals surface area contributed by atoms with Crippen molar-refractivity contribution in [3.8, 4) is 5.69 Å². The van der Waals surface area contributed by atoms with Crippen molar-refractivity contribution in [3.63, 3.8) is 0 Å². The van der Waals surface area contributed by atoms with Gasteiger partial charge in [0, 0.05) is 23.0 Å². The fraction of sp³-hybridized carbons (Fsp3) is 0. The van der Waals surface area contributed by atoms with Crippen molar-refractivity contribution in [1.82, 2.24) is 9.55 Å². The highest BCUT2D eigenvalue weighted by Gasteiger charge is 2.06. The lowest BCUT2D eigenvalue weighted by molar-refractivity contribution is 0.628. The van der Waals surface area contributed by atoms with Gasteiger partial charge in [-0.05, 0) is 54.6 Å². The third kappa shape index (κ3) is 2.66. The molecule has 3 nitrogen and oxygen atoms in total. The molecule has 0 fully saturated rings. The predicted octanol–water partition coefficient (Wildman–Crippen LogP) is 4.91. The normalized spacial score (nSPS) is 10.8. The van der Waals surface area contributed by atoms with Crippen LogP contribution in [0, 0.1) is 5.82 Å². The standard InChI is InChI=1S/C19H14FN3/c20-15-7-9-16(10-8-15)21-18-11-6-14-12-13-23(19(14)22-18)17-4-2-1-3-5-17/h1-13H,(H,21,22). The van der Waals surface area contributed by atoms with Gasteiger partial charge in [-0.25, -0.2) is 9.37 Å².